The molecule has 0 unspecified atom stereocenters. The van der Waals surface area contributed by atoms with Crippen LogP contribution in [-0.4, -0.2) is 27.4 Å². The number of fused-ring (bicyclic) bond motifs is 1. The highest BCUT2D eigenvalue weighted by molar-refractivity contribution is 5.98. The van der Waals surface area contributed by atoms with Crippen LogP contribution < -0.4 is 21.1 Å². The summed E-state index contributed by atoms with van der Waals surface area (Å²) in [5, 5.41) is 0. The molecule has 0 aliphatic carbocycles. The molecule has 1 amide bonds. The molecule has 8 heteroatoms. The van der Waals surface area contributed by atoms with Crippen LogP contribution in [0.25, 0.3) is 0 Å². The van der Waals surface area contributed by atoms with E-state index in [0.717, 1.165) is 29.0 Å². The normalized spacial score (nSPS) is 13.9. The second kappa shape index (κ2) is 9.30. The predicted molar refractivity (Wildman–Crippen MR) is 140 cm³/mol. The van der Waals surface area contributed by atoms with Crippen LogP contribution >= 0.6 is 0 Å². The molecule has 0 saturated heterocycles. The van der Waals surface area contributed by atoms with Crippen molar-refractivity contribution in [2.45, 2.75) is 32.4 Å². The van der Waals surface area contributed by atoms with Gasteiger partial charge in [-0.2, -0.15) is 0 Å². The van der Waals surface area contributed by atoms with Gasteiger partial charge >= 0.3 is 0 Å². The maximum absolute atomic E-state index is 12.3. The van der Waals surface area contributed by atoms with Crippen molar-refractivity contribution < 1.29 is 4.79 Å². The zero-order valence-electron chi connectivity index (χ0n) is 20.3. The highest BCUT2D eigenvalue weighted by Crippen LogP contribution is 2.44. The number of H-pyrrole nitrogens is 1. The summed E-state index contributed by atoms with van der Waals surface area (Å²) in [6.45, 7) is 6.36. The van der Waals surface area contributed by atoms with Gasteiger partial charge in [0.25, 0.3) is 5.91 Å². The Morgan fingerprint density at radius 2 is 1.89 bits per heavy atom. The lowest BCUT2D eigenvalue weighted by molar-refractivity contribution is 0.100. The second-order valence-corrected chi connectivity index (χ2v) is 9.68. The molecule has 0 spiro atoms. The van der Waals surface area contributed by atoms with Gasteiger partial charge in [0.05, 0.1) is 5.56 Å². The van der Waals surface area contributed by atoms with Crippen LogP contribution in [0.15, 0.2) is 84.2 Å². The summed E-state index contributed by atoms with van der Waals surface area (Å²) in [5.74, 6) is -0.0313. The molecule has 0 fully saturated rings. The van der Waals surface area contributed by atoms with Crippen LogP contribution in [0.4, 0.5) is 17.2 Å². The summed E-state index contributed by atoms with van der Waals surface area (Å²) in [6, 6.07) is 17.2. The van der Waals surface area contributed by atoms with Crippen molar-refractivity contribution in [3.63, 3.8) is 0 Å². The number of carbonyl (C=O) groups is 1. The van der Waals surface area contributed by atoms with E-state index in [1.54, 1.807) is 43.0 Å². The molecule has 36 heavy (non-hydrogen) atoms. The fourth-order valence-corrected chi connectivity index (χ4v) is 4.88. The summed E-state index contributed by atoms with van der Waals surface area (Å²) in [5.41, 5.74) is 11.1. The molecule has 8 nitrogen and oxygen atoms in total. The lowest BCUT2D eigenvalue weighted by Crippen LogP contribution is -2.28. The van der Waals surface area contributed by atoms with Gasteiger partial charge in [0.15, 0.2) is 0 Å². The third kappa shape index (κ3) is 4.57. The molecule has 0 radical (unpaired) electrons. The number of amides is 1. The third-order valence-corrected chi connectivity index (χ3v) is 6.56. The Hall–Kier alpha value is -4.46. The van der Waals surface area contributed by atoms with Crippen LogP contribution in [0.3, 0.4) is 0 Å². The lowest BCUT2D eigenvalue weighted by Gasteiger charge is -2.27. The monoisotopic (exact) mass is 480 g/mol. The van der Waals surface area contributed by atoms with E-state index in [0.29, 0.717) is 24.5 Å². The maximum atomic E-state index is 12.3. The number of aromatic nitrogens is 3. The van der Waals surface area contributed by atoms with Crippen molar-refractivity contribution in [1.82, 2.24) is 15.0 Å². The van der Waals surface area contributed by atoms with E-state index in [2.05, 4.69) is 51.9 Å². The van der Waals surface area contributed by atoms with Crippen LogP contribution in [-0.2, 0) is 18.5 Å². The molecule has 4 heterocycles. The first-order chi connectivity index (χ1) is 17.3. The minimum absolute atomic E-state index is 0.0611. The van der Waals surface area contributed by atoms with Crippen molar-refractivity contribution in [3.05, 3.63) is 112 Å². The van der Waals surface area contributed by atoms with Gasteiger partial charge in [-0.3, -0.25) is 14.6 Å². The number of primary amides is 1. The topological polar surface area (TPSA) is 108 Å². The molecule has 0 bridgehead atoms. The Bertz CT molecular complexity index is 1460. The second-order valence-electron chi connectivity index (χ2n) is 9.68. The molecule has 0 saturated carbocycles. The van der Waals surface area contributed by atoms with Crippen molar-refractivity contribution in [2.24, 2.45) is 5.73 Å². The van der Waals surface area contributed by atoms with Crippen LogP contribution in [0.2, 0.25) is 0 Å². The van der Waals surface area contributed by atoms with Crippen molar-refractivity contribution in [2.75, 3.05) is 16.3 Å². The summed E-state index contributed by atoms with van der Waals surface area (Å²) < 4.78 is 0. The first-order valence-corrected chi connectivity index (χ1v) is 11.8. The molecule has 4 aromatic rings. The largest absolute Gasteiger partial charge is 0.366 e. The minimum Gasteiger partial charge on any atom is -0.366 e. The highest BCUT2D eigenvalue weighted by atomic mass is 16.1. The van der Waals surface area contributed by atoms with Crippen LogP contribution in [0.1, 0.15) is 40.9 Å². The first-order valence-electron chi connectivity index (χ1n) is 11.8. The zero-order chi connectivity index (χ0) is 25.3. The Morgan fingerprint density at radius 3 is 2.64 bits per heavy atom. The number of rotatable bonds is 7. The van der Waals surface area contributed by atoms with Gasteiger partial charge in [-0.1, -0.05) is 19.9 Å². The number of nitrogens with one attached hydrogen (secondary N) is 1. The van der Waals surface area contributed by atoms with Crippen molar-refractivity contribution in [3.8, 4) is 0 Å². The average molecular weight is 481 g/mol. The number of anilines is 3. The van der Waals surface area contributed by atoms with Crippen LogP contribution in [0.5, 0.6) is 0 Å². The Labute approximate surface area is 209 Å². The number of benzene rings is 1. The average Bonchev–Trinajstić information content (AvgIpc) is 3.12. The van der Waals surface area contributed by atoms with E-state index in [4.69, 9.17) is 5.73 Å². The Morgan fingerprint density at radius 1 is 1.08 bits per heavy atom. The predicted octanol–water partition coefficient (Wildman–Crippen LogP) is 3.90. The molecule has 182 valence electrons. The van der Waals surface area contributed by atoms with Gasteiger partial charge in [-0.25, -0.2) is 4.98 Å². The fraction of sp³-hybridized carbons (Fsp3) is 0.214. The third-order valence-electron chi connectivity index (χ3n) is 6.56. The summed E-state index contributed by atoms with van der Waals surface area (Å²) in [7, 11) is 0. The van der Waals surface area contributed by atoms with E-state index >= 15 is 0 Å². The quantitative estimate of drug-likeness (QED) is 0.415. The minimum atomic E-state index is -0.531. The number of aromatic amines is 1. The highest BCUT2D eigenvalue weighted by Gasteiger charge is 2.35. The van der Waals surface area contributed by atoms with E-state index in [-0.39, 0.29) is 11.0 Å². The van der Waals surface area contributed by atoms with E-state index in [9.17, 15) is 9.59 Å². The van der Waals surface area contributed by atoms with Gasteiger partial charge in [0.1, 0.15) is 5.82 Å². The van der Waals surface area contributed by atoms with Gasteiger partial charge < -0.3 is 20.5 Å². The number of pyridine rings is 3. The maximum Gasteiger partial charge on any atom is 0.252 e. The SMILES string of the molecule is CC1(C)CN(Cc2cc[nH]c(=O)c2)c2cc(N(Cc3ccncc3)c3ncccc3C(N)=O)ccc21. The van der Waals surface area contributed by atoms with Gasteiger partial charge in [-0.05, 0) is 59.2 Å². The van der Waals surface area contributed by atoms with Gasteiger partial charge in [0, 0.05) is 67.3 Å². The van der Waals surface area contributed by atoms with Gasteiger partial charge in [0.2, 0.25) is 5.56 Å². The van der Waals surface area contributed by atoms with Crippen LogP contribution in [0, 0.1) is 0 Å². The molecular formula is C28H28N6O2. The molecule has 1 aliphatic rings. The molecule has 3 N–H and O–H groups in total. The molecular weight excluding hydrogens is 452 g/mol. The number of hydrogen-bond donors (Lipinski definition) is 2. The Balaban J connectivity index is 1.60. The zero-order valence-corrected chi connectivity index (χ0v) is 20.3. The summed E-state index contributed by atoms with van der Waals surface area (Å²) in [4.78, 5) is 39.8. The smallest absolute Gasteiger partial charge is 0.252 e. The molecule has 1 aliphatic heterocycles. The van der Waals surface area contributed by atoms with E-state index in [1.807, 2.05) is 23.1 Å². The number of nitrogens with zero attached hydrogens (tertiary/aromatic N) is 4. The van der Waals surface area contributed by atoms with Gasteiger partial charge in [-0.15, -0.1) is 0 Å². The molecule has 5 rings (SSSR count). The van der Waals surface area contributed by atoms with Crippen molar-refractivity contribution >= 4 is 23.1 Å². The standard InChI is InChI=1S/C28H28N6O2/c1-28(2)18-33(16-20-9-13-31-25(35)14-20)24-15-21(5-6-23(24)28)34(17-19-7-11-30-12-8-19)27-22(26(29)36)4-3-10-32-27/h3-15H,16-18H2,1-2H3,(H2,29,36)(H,31,35). The fourth-order valence-electron chi connectivity index (χ4n) is 4.88. The lowest BCUT2D eigenvalue weighted by atomic mass is 9.87. The number of hydrogen-bond acceptors (Lipinski definition) is 6. The summed E-state index contributed by atoms with van der Waals surface area (Å²) >= 11 is 0. The molecule has 0 atom stereocenters. The Kier molecular flexibility index (Phi) is 6.01. The number of nitrogens with two attached hydrogens (primary N) is 1. The van der Waals surface area contributed by atoms with Crippen molar-refractivity contribution in [1.29, 1.82) is 0 Å². The van der Waals surface area contributed by atoms with E-state index < -0.39 is 5.91 Å². The summed E-state index contributed by atoms with van der Waals surface area (Å²) in [6.07, 6.45) is 6.83. The number of carbonyl (C=O) groups excluding carboxylic acids is 1. The molecule has 3 aromatic heterocycles. The molecule has 1 aromatic carbocycles. The van der Waals surface area contributed by atoms with E-state index in [1.165, 1.54) is 5.56 Å². The first kappa shape index (κ1) is 23.3.